The molecule has 0 radical (unpaired) electrons. The third kappa shape index (κ3) is 3.77. The van der Waals surface area contributed by atoms with Gasteiger partial charge in [0, 0.05) is 45.1 Å². The highest BCUT2D eigenvalue weighted by molar-refractivity contribution is 8.03. The molecule has 130 valence electrons. The lowest BCUT2D eigenvalue weighted by Gasteiger charge is -2.26. The molecule has 0 N–H and O–H groups in total. The fraction of sp³-hybridized carbons (Fsp3) is 0.273. The van der Waals surface area contributed by atoms with Gasteiger partial charge in [0.15, 0.2) is 0 Å². The largest absolute Gasteiger partial charge is 0.377 e. The zero-order valence-electron chi connectivity index (χ0n) is 15.7. The van der Waals surface area contributed by atoms with E-state index in [4.69, 9.17) is 0 Å². The second-order valence-electron chi connectivity index (χ2n) is 6.78. The molecular weight excluding hydrogens is 324 g/mol. The number of allylic oxidation sites excluding steroid dienone is 3. The van der Waals surface area contributed by atoms with Crippen molar-refractivity contribution in [1.29, 1.82) is 0 Å². The summed E-state index contributed by atoms with van der Waals surface area (Å²) in [4.78, 5) is 5.74. The van der Waals surface area contributed by atoms with Crippen LogP contribution in [-0.2, 0) is 0 Å². The van der Waals surface area contributed by atoms with E-state index < -0.39 is 0 Å². The van der Waals surface area contributed by atoms with Crippen molar-refractivity contribution < 1.29 is 0 Å². The molecule has 2 nitrogen and oxygen atoms in total. The number of benzene rings is 2. The number of hydrogen-bond donors (Lipinski definition) is 0. The first-order valence-corrected chi connectivity index (χ1v) is 9.45. The third-order valence-electron chi connectivity index (χ3n) is 4.42. The number of nitrogens with zero attached hydrogens (tertiary/aromatic N) is 2. The number of para-hydroxylation sites is 2. The topological polar surface area (TPSA) is 6.48 Å². The molecule has 0 bridgehead atoms. The molecule has 1 heterocycles. The molecule has 2 aromatic rings. The summed E-state index contributed by atoms with van der Waals surface area (Å²) in [5, 5.41) is 0.328. The Bertz CT molecular complexity index is 818. The van der Waals surface area contributed by atoms with Gasteiger partial charge in [0.25, 0.3) is 0 Å². The van der Waals surface area contributed by atoms with Gasteiger partial charge in [0.2, 0.25) is 0 Å². The van der Waals surface area contributed by atoms with Crippen LogP contribution in [0.15, 0.2) is 65.6 Å². The maximum atomic E-state index is 2.41. The molecule has 0 amide bonds. The van der Waals surface area contributed by atoms with Crippen molar-refractivity contribution in [3.05, 3.63) is 76.7 Å². The lowest BCUT2D eigenvalue weighted by molar-refractivity contribution is 1.08. The maximum Gasteiger partial charge on any atom is 0.0550 e. The van der Waals surface area contributed by atoms with Crippen molar-refractivity contribution in [2.24, 2.45) is 0 Å². The van der Waals surface area contributed by atoms with E-state index in [1.54, 1.807) is 0 Å². The first-order valence-electron chi connectivity index (χ1n) is 8.57. The first-order chi connectivity index (χ1) is 12.0. The van der Waals surface area contributed by atoms with Gasteiger partial charge < -0.3 is 9.80 Å². The van der Waals surface area contributed by atoms with Crippen molar-refractivity contribution in [1.82, 2.24) is 0 Å². The van der Waals surface area contributed by atoms with Gasteiger partial charge in [-0.05, 0) is 41.2 Å². The van der Waals surface area contributed by atoms with Gasteiger partial charge >= 0.3 is 0 Å². The summed E-state index contributed by atoms with van der Waals surface area (Å²) in [6, 6.07) is 17.3. The molecule has 0 aromatic heterocycles. The van der Waals surface area contributed by atoms with E-state index in [0.29, 0.717) is 5.25 Å². The van der Waals surface area contributed by atoms with Crippen LogP contribution >= 0.6 is 11.8 Å². The van der Waals surface area contributed by atoms with Gasteiger partial charge in [0.05, 0.1) is 5.25 Å². The van der Waals surface area contributed by atoms with Crippen LogP contribution in [0.1, 0.15) is 23.3 Å². The average Bonchev–Trinajstić information content (AvgIpc) is 2.61. The molecule has 0 fully saturated rings. The van der Waals surface area contributed by atoms with Gasteiger partial charge in [-0.25, -0.2) is 0 Å². The van der Waals surface area contributed by atoms with Crippen LogP contribution in [0.25, 0.3) is 5.57 Å². The van der Waals surface area contributed by atoms with E-state index in [1.807, 2.05) is 11.8 Å². The summed E-state index contributed by atoms with van der Waals surface area (Å²) in [6.07, 6.45) is 4.71. The Kier molecular flexibility index (Phi) is 5.24. The van der Waals surface area contributed by atoms with Gasteiger partial charge in [-0.15, -0.1) is 11.8 Å². The molecule has 1 atom stereocenters. The van der Waals surface area contributed by atoms with Gasteiger partial charge in [0.1, 0.15) is 0 Å². The molecule has 1 aliphatic rings. The maximum absolute atomic E-state index is 2.41. The predicted octanol–water partition coefficient (Wildman–Crippen LogP) is 5.59. The Morgan fingerprint density at radius 3 is 2.08 bits per heavy atom. The minimum Gasteiger partial charge on any atom is -0.377 e. The third-order valence-corrected chi connectivity index (χ3v) is 5.56. The Hall–Kier alpha value is -2.13. The predicted molar refractivity (Wildman–Crippen MR) is 114 cm³/mol. The van der Waals surface area contributed by atoms with Crippen molar-refractivity contribution in [2.45, 2.75) is 12.2 Å². The van der Waals surface area contributed by atoms with E-state index >= 15 is 0 Å². The monoisotopic (exact) mass is 350 g/mol. The van der Waals surface area contributed by atoms with Crippen molar-refractivity contribution in [2.75, 3.05) is 38.0 Å². The fourth-order valence-corrected chi connectivity index (χ4v) is 4.40. The zero-order valence-corrected chi connectivity index (χ0v) is 16.5. The van der Waals surface area contributed by atoms with Crippen LogP contribution < -0.4 is 9.80 Å². The Morgan fingerprint density at radius 2 is 1.40 bits per heavy atom. The standard InChI is InChI=1S/C22H26N2S/c1-16-14-17(18-10-6-8-12-20(18)23(2)3)15-22(25-16)19-11-7-9-13-21(19)24(4)5/h6-15,22H,1-5H3. The molecule has 3 heteroatoms. The summed E-state index contributed by atoms with van der Waals surface area (Å²) in [7, 11) is 8.43. The molecule has 25 heavy (non-hydrogen) atoms. The fourth-order valence-electron chi connectivity index (χ4n) is 3.26. The molecule has 0 aliphatic carbocycles. The highest BCUT2D eigenvalue weighted by Crippen LogP contribution is 2.46. The second-order valence-corrected chi connectivity index (χ2v) is 8.17. The highest BCUT2D eigenvalue weighted by atomic mass is 32.2. The van der Waals surface area contributed by atoms with Crippen molar-refractivity contribution >= 4 is 28.7 Å². The molecule has 1 aliphatic heterocycles. The van der Waals surface area contributed by atoms with E-state index in [1.165, 1.54) is 33.0 Å². The van der Waals surface area contributed by atoms with Gasteiger partial charge in [-0.2, -0.15) is 0 Å². The number of anilines is 2. The second kappa shape index (κ2) is 7.40. The lowest BCUT2D eigenvalue weighted by Crippen LogP contribution is -2.13. The first kappa shape index (κ1) is 17.7. The summed E-state index contributed by atoms with van der Waals surface area (Å²) < 4.78 is 0. The summed E-state index contributed by atoms with van der Waals surface area (Å²) in [5.74, 6) is 0. The summed E-state index contributed by atoms with van der Waals surface area (Å²) in [5.41, 5.74) is 6.50. The highest BCUT2D eigenvalue weighted by Gasteiger charge is 2.21. The molecule has 0 saturated carbocycles. The lowest BCUT2D eigenvalue weighted by atomic mass is 9.98. The number of rotatable bonds is 4. The Balaban J connectivity index is 2.08. The van der Waals surface area contributed by atoms with Crippen molar-refractivity contribution in [3.63, 3.8) is 0 Å². The summed E-state index contributed by atoms with van der Waals surface area (Å²) >= 11 is 1.93. The van der Waals surface area contributed by atoms with Crippen LogP contribution in [0.4, 0.5) is 11.4 Å². The van der Waals surface area contributed by atoms with Crippen LogP contribution in [0.5, 0.6) is 0 Å². The Morgan fingerprint density at radius 1 is 0.800 bits per heavy atom. The van der Waals surface area contributed by atoms with Crippen molar-refractivity contribution in [3.8, 4) is 0 Å². The van der Waals surface area contributed by atoms with Gasteiger partial charge in [-0.1, -0.05) is 42.5 Å². The minimum atomic E-state index is 0.328. The molecule has 1 unspecified atom stereocenters. The van der Waals surface area contributed by atoms with E-state index in [-0.39, 0.29) is 0 Å². The number of thioether (sulfide) groups is 1. The summed E-state index contributed by atoms with van der Waals surface area (Å²) in [6.45, 7) is 2.21. The quantitative estimate of drug-likeness (QED) is 0.709. The molecule has 2 aromatic carbocycles. The SMILES string of the molecule is CC1=CC(c2ccccc2N(C)C)=CC(c2ccccc2N(C)C)S1. The normalized spacial score (nSPS) is 16.9. The average molecular weight is 351 g/mol. The van der Waals surface area contributed by atoms with E-state index in [0.717, 1.165) is 0 Å². The number of hydrogen-bond acceptors (Lipinski definition) is 3. The van der Waals surface area contributed by atoms with Crippen LogP contribution in [0.2, 0.25) is 0 Å². The molecule has 3 rings (SSSR count). The smallest absolute Gasteiger partial charge is 0.0550 e. The molecule has 0 spiro atoms. The van der Waals surface area contributed by atoms with Crippen LogP contribution in [0.3, 0.4) is 0 Å². The van der Waals surface area contributed by atoms with Crippen LogP contribution in [0, 0.1) is 0 Å². The van der Waals surface area contributed by atoms with E-state index in [2.05, 4.69) is 106 Å². The minimum absolute atomic E-state index is 0.328. The molecular formula is C22H26N2S. The van der Waals surface area contributed by atoms with Gasteiger partial charge in [-0.3, -0.25) is 0 Å². The zero-order chi connectivity index (χ0) is 18.0. The molecule has 0 saturated heterocycles. The van der Waals surface area contributed by atoms with E-state index in [9.17, 15) is 0 Å². The van der Waals surface area contributed by atoms with Crippen LogP contribution in [-0.4, -0.2) is 28.2 Å². The Labute approximate surface area is 155 Å².